The molecule has 1 aromatic carbocycles. The van der Waals surface area contributed by atoms with E-state index in [-0.39, 0.29) is 6.10 Å². The van der Waals surface area contributed by atoms with Gasteiger partial charge in [-0.05, 0) is 44.4 Å². The maximum absolute atomic E-state index is 9.88. The van der Waals surface area contributed by atoms with E-state index in [0.29, 0.717) is 5.75 Å². The summed E-state index contributed by atoms with van der Waals surface area (Å²) in [5.74, 6) is 1.42. The van der Waals surface area contributed by atoms with E-state index in [1.165, 1.54) is 5.56 Å². The van der Waals surface area contributed by atoms with Gasteiger partial charge in [-0.1, -0.05) is 0 Å². The van der Waals surface area contributed by atoms with E-state index < -0.39 is 0 Å². The van der Waals surface area contributed by atoms with Gasteiger partial charge in [0.1, 0.15) is 17.6 Å². The molecular weight excluding hydrogens is 176 g/mol. The Labute approximate surface area is 84.5 Å². The summed E-state index contributed by atoms with van der Waals surface area (Å²) in [6.45, 7) is 7.96. The highest BCUT2D eigenvalue weighted by Gasteiger charge is 2.26. The second-order valence-electron chi connectivity index (χ2n) is 4.16. The lowest BCUT2D eigenvalue weighted by Gasteiger charge is -2.12. The lowest BCUT2D eigenvalue weighted by atomic mass is 9.96. The first-order chi connectivity index (χ1) is 6.52. The van der Waals surface area contributed by atoms with Crippen molar-refractivity contribution in [1.29, 1.82) is 0 Å². The Morgan fingerprint density at radius 3 is 2.43 bits per heavy atom. The molecule has 0 aliphatic carbocycles. The quantitative estimate of drug-likeness (QED) is 0.684. The van der Waals surface area contributed by atoms with Crippen molar-refractivity contribution in [2.75, 3.05) is 0 Å². The van der Waals surface area contributed by atoms with Crippen molar-refractivity contribution in [2.24, 2.45) is 0 Å². The molecule has 1 aliphatic heterocycles. The molecule has 0 bridgehead atoms. The zero-order chi connectivity index (χ0) is 10.5. The lowest BCUT2D eigenvalue weighted by Crippen LogP contribution is -2.05. The van der Waals surface area contributed by atoms with Crippen molar-refractivity contribution in [3.05, 3.63) is 22.3 Å². The second-order valence-corrected chi connectivity index (χ2v) is 4.16. The fourth-order valence-electron chi connectivity index (χ4n) is 2.10. The molecule has 0 spiro atoms. The highest BCUT2D eigenvalue weighted by atomic mass is 16.5. The van der Waals surface area contributed by atoms with Gasteiger partial charge in [0.2, 0.25) is 0 Å². The molecule has 2 nitrogen and oxygen atoms in total. The number of hydrogen-bond acceptors (Lipinski definition) is 2. The van der Waals surface area contributed by atoms with E-state index in [9.17, 15) is 5.11 Å². The number of hydrogen-bond donors (Lipinski definition) is 1. The first-order valence-corrected chi connectivity index (χ1v) is 5.00. The average Bonchev–Trinajstić information content (AvgIpc) is 2.54. The molecule has 0 unspecified atom stereocenters. The van der Waals surface area contributed by atoms with Gasteiger partial charge in [-0.3, -0.25) is 0 Å². The zero-order valence-corrected chi connectivity index (χ0v) is 9.14. The van der Waals surface area contributed by atoms with E-state index in [1.807, 2.05) is 20.8 Å². The van der Waals surface area contributed by atoms with Crippen molar-refractivity contribution in [1.82, 2.24) is 0 Å². The predicted molar refractivity (Wildman–Crippen MR) is 56.1 cm³/mol. The summed E-state index contributed by atoms with van der Waals surface area (Å²) >= 11 is 0. The molecule has 1 heterocycles. The maximum atomic E-state index is 9.88. The molecule has 0 radical (unpaired) electrons. The largest absolute Gasteiger partial charge is 0.507 e. The van der Waals surface area contributed by atoms with Crippen molar-refractivity contribution in [3.63, 3.8) is 0 Å². The minimum atomic E-state index is 0.239. The number of ether oxygens (including phenoxy) is 1. The van der Waals surface area contributed by atoms with Gasteiger partial charge >= 0.3 is 0 Å². The van der Waals surface area contributed by atoms with Crippen LogP contribution in [0.5, 0.6) is 11.5 Å². The number of fused-ring (bicyclic) bond motifs is 1. The van der Waals surface area contributed by atoms with Gasteiger partial charge in [0, 0.05) is 12.0 Å². The fourth-order valence-corrected chi connectivity index (χ4v) is 2.10. The van der Waals surface area contributed by atoms with Gasteiger partial charge in [-0.25, -0.2) is 0 Å². The molecule has 1 aliphatic rings. The van der Waals surface area contributed by atoms with Crippen LogP contribution in [0.2, 0.25) is 0 Å². The molecule has 1 N–H and O–H groups in total. The van der Waals surface area contributed by atoms with Crippen molar-refractivity contribution < 1.29 is 9.84 Å². The summed E-state index contributed by atoms with van der Waals surface area (Å²) in [6, 6.07) is 0. The molecule has 1 atom stereocenters. The second kappa shape index (κ2) is 2.91. The Bertz CT molecular complexity index is 357. The van der Waals surface area contributed by atoms with Crippen LogP contribution in [-0.2, 0) is 6.42 Å². The van der Waals surface area contributed by atoms with Crippen LogP contribution in [0.4, 0.5) is 0 Å². The van der Waals surface area contributed by atoms with Crippen LogP contribution in [-0.4, -0.2) is 11.2 Å². The van der Waals surface area contributed by atoms with Crippen LogP contribution in [0.1, 0.15) is 29.2 Å². The Hall–Kier alpha value is -1.18. The highest BCUT2D eigenvalue weighted by molar-refractivity contribution is 5.58. The van der Waals surface area contributed by atoms with Crippen LogP contribution >= 0.6 is 0 Å². The van der Waals surface area contributed by atoms with Crippen LogP contribution in [0.3, 0.4) is 0 Å². The van der Waals surface area contributed by atoms with E-state index in [0.717, 1.165) is 28.9 Å². The van der Waals surface area contributed by atoms with Crippen molar-refractivity contribution in [2.45, 2.75) is 40.2 Å². The van der Waals surface area contributed by atoms with Gasteiger partial charge < -0.3 is 9.84 Å². The Morgan fingerprint density at radius 1 is 1.14 bits per heavy atom. The molecule has 76 valence electrons. The highest BCUT2D eigenvalue weighted by Crippen LogP contribution is 2.41. The normalized spacial score (nSPS) is 19.3. The van der Waals surface area contributed by atoms with Crippen LogP contribution in [0.15, 0.2) is 0 Å². The SMILES string of the molecule is Cc1c(C)c2c(c(C)c1O)C[C@H](C)O2. The smallest absolute Gasteiger partial charge is 0.126 e. The summed E-state index contributed by atoms with van der Waals surface area (Å²) < 4.78 is 5.74. The van der Waals surface area contributed by atoms with Crippen LogP contribution in [0, 0.1) is 20.8 Å². The molecule has 1 aromatic rings. The van der Waals surface area contributed by atoms with Crippen molar-refractivity contribution in [3.8, 4) is 11.5 Å². The molecule has 2 rings (SSSR count). The van der Waals surface area contributed by atoms with E-state index >= 15 is 0 Å². The van der Waals surface area contributed by atoms with E-state index in [2.05, 4.69) is 6.92 Å². The number of phenols is 1. The Morgan fingerprint density at radius 2 is 1.79 bits per heavy atom. The molecule has 2 heteroatoms. The minimum absolute atomic E-state index is 0.239. The third-order valence-electron chi connectivity index (χ3n) is 3.15. The number of rotatable bonds is 0. The molecule has 0 fully saturated rings. The first-order valence-electron chi connectivity index (χ1n) is 5.00. The maximum Gasteiger partial charge on any atom is 0.126 e. The summed E-state index contributed by atoms with van der Waals surface area (Å²) in [4.78, 5) is 0. The molecule has 0 amide bonds. The number of benzene rings is 1. The Kier molecular flexibility index (Phi) is 1.95. The van der Waals surface area contributed by atoms with Gasteiger partial charge in [0.05, 0.1) is 0 Å². The zero-order valence-electron chi connectivity index (χ0n) is 9.14. The van der Waals surface area contributed by atoms with Gasteiger partial charge in [0.25, 0.3) is 0 Å². The van der Waals surface area contributed by atoms with Crippen molar-refractivity contribution >= 4 is 0 Å². The molecule has 0 aromatic heterocycles. The molecule has 14 heavy (non-hydrogen) atoms. The standard InChI is InChI=1S/C12H16O2/c1-6-5-10-9(4)11(13)7(2)8(3)12(10)14-6/h6,13H,5H2,1-4H3/t6-/m0/s1. The summed E-state index contributed by atoms with van der Waals surface area (Å²) in [5.41, 5.74) is 4.17. The first kappa shape index (κ1) is 9.38. The van der Waals surface area contributed by atoms with Gasteiger partial charge in [-0.15, -0.1) is 0 Å². The Balaban J connectivity index is 2.70. The predicted octanol–water partition coefficient (Wildman–Crippen LogP) is 2.64. The number of aromatic hydroxyl groups is 1. The van der Waals surface area contributed by atoms with Gasteiger partial charge in [-0.2, -0.15) is 0 Å². The van der Waals surface area contributed by atoms with E-state index in [4.69, 9.17) is 4.74 Å². The molecular formula is C12H16O2. The fraction of sp³-hybridized carbons (Fsp3) is 0.500. The lowest BCUT2D eigenvalue weighted by molar-refractivity contribution is 0.253. The summed E-state index contributed by atoms with van der Waals surface area (Å²) in [6.07, 6.45) is 1.15. The summed E-state index contributed by atoms with van der Waals surface area (Å²) in [5, 5.41) is 9.88. The third-order valence-corrected chi connectivity index (χ3v) is 3.15. The third kappa shape index (κ3) is 1.10. The summed E-state index contributed by atoms with van der Waals surface area (Å²) in [7, 11) is 0. The average molecular weight is 192 g/mol. The van der Waals surface area contributed by atoms with Gasteiger partial charge in [0.15, 0.2) is 0 Å². The minimum Gasteiger partial charge on any atom is -0.507 e. The molecule has 0 saturated heterocycles. The van der Waals surface area contributed by atoms with Crippen LogP contribution < -0.4 is 4.74 Å². The topological polar surface area (TPSA) is 29.5 Å². The van der Waals surface area contributed by atoms with Crippen LogP contribution in [0.25, 0.3) is 0 Å². The van der Waals surface area contributed by atoms with E-state index in [1.54, 1.807) is 0 Å². The monoisotopic (exact) mass is 192 g/mol. The number of phenolic OH excluding ortho intramolecular Hbond substituents is 1. The molecule has 0 saturated carbocycles.